The summed E-state index contributed by atoms with van der Waals surface area (Å²) in [4.78, 5) is 23.0. The Balaban J connectivity index is 1.99. The Morgan fingerprint density at radius 3 is 2.67 bits per heavy atom. The summed E-state index contributed by atoms with van der Waals surface area (Å²) in [5.74, 6) is -1.11. The SMILES string of the molecule is O=C(O)C[C@H](NC(=O)C[C@@H]1CCCO1)c1ccc(Br)cc1. The maximum atomic E-state index is 12.0. The fourth-order valence-electron chi connectivity index (χ4n) is 2.39. The van der Waals surface area contributed by atoms with Crippen molar-refractivity contribution in [2.24, 2.45) is 0 Å². The largest absolute Gasteiger partial charge is 0.481 e. The summed E-state index contributed by atoms with van der Waals surface area (Å²) in [6.45, 7) is 0.698. The van der Waals surface area contributed by atoms with Gasteiger partial charge in [-0.15, -0.1) is 0 Å². The summed E-state index contributed by atoms with van der Waals surface area (Å²) in [5, 5.41) is 11.8. The van der Waals surface area contributed by atoms with Crippen molar-refractivity contribution in [3.63, 3.8) is 0 Å². The molecule has 1 saturated heterocycles. The number of benzene rings is 1. The Bertz CT molecular complexity index is 497. The summed E-state index contributed by atoms with van der Waals surface area (Å²) in [6.07, 6.45) is 1.96. The maximum Gasteiger partial charge on any atom is 0.305 e. The van der Waals surface area contributed by atoms with Crippen LogP contribution in [0.2, 0.25) is 0 Å². The van der Waals surface area contributed by atoms with Crippen LogP contribution in [0.1, 0.15) is 37.3 Å². The van der Waals surface area contributed by atoms with Crippen molar-refractivity contribution in [2.45, 2.75) is 37.8 Å². The van der Waals surface area contributed by atoms with E-state index in [1.54, 1.807) is 0 Å². The van der Waals surface area contributed by atoms with Gasteiger partial charge in [-0.1, -0.05) is 28.1 Å². The smallest absolute Gasteiger partial charge is 0.305 e. The molecule has 2 atom stereocenters. The maximum absolute atomic E-state index is 12.0. The Labute approximate surface area is 131 Å². The number of aliphatic carboxylic acids is 1. The van der Waals surface area contributed by atoms with Gasteiger partial charge in [-0.25, -0.2) is 0 Å². The Hall–Kier alpha value is -1.40. The van der Waals surface area contributed by atoms with E-state index in [-0.39, 0.29) is 24.9 Å². The van der Waals surface area contributed by atoms with Crippen molar-refractivity contribution >= 4 is 27.8 Å². The summed E-state index contributed by atoms with van der Waals surface area (Å²) in [5.41, 5.74) is 0.779. The van der Waals surface area contributed by atoms with E-state index in [0.29, 0.717) is 6.61 Å². The number of carbonyl (C=O) groups is 2. The topological polar surface area (TPSA) is 75.6 Å². The second-order valence-electron chi connectivity index (χ2n) is 5.11. The molecule has 1 aromatic rings. The summed E-state index contributed by atoms with van der Waals surface area (Å²) in [6, 6.07) is 6.76. The molecule has 0 saturated carbocycles. The first-order chi connectivity index (χ1) is 10.0. The van der Waals surface area contributed by atoms with Gasteiger partial charge in [-0.3, -0.25) is 9.59 Å². The molecule has 0 aromatic heterocycles. The average molecular weight is 356 g/mol. The predicted molar refractivity (Wildman–Crippen MR) is 80.9 cm³/mol. The van der Waals surface area contributed by atoms with Crippen LogP contribution in [-0.4, -0.2) is 29.7 Å². The normalized spacial score (nSPS) is 19.2. The number of halogens is 1. The first kappa shape index (κ1) is 16.0. The zero-order valence-corrected chi connectivity index (χ0v) is 13.1. The number of amides is 1. The molecule has 114 valence electrons. The molecular formula is C15H18BrNO4. The van der Waals surface area contributed by atoms with Crippen LogP contribution in [0.15, 0.2) is 28.7 Å². The van der Waals surface area contributed by atoms with Gasteiger partial charge < -0.3 is 15.2 Å². The minimum Gasteiger partial charge on any atom is -0.481 e. The standard InChI is InChI=1S/C15H18BrNO4/c16-11-5-3-10(4-6-11)13(9-15(19)20)17-14(18)8-12-2-1-7-21-12/h3-6,12-13H,1-2,7-9H2,(H,17,18)(H,19,20)/t12-,13-/m0/s1. The van der Waals surface area contributed by atoms with Crippen LogP contribution >= 0.6 is 15.9 Å². The van der Waals surface area contributed by atoms with Crippen LogP contribution in [0.3, 0.4) is 0 Å². The molecule has 2 N–H and O–H groups in total. The predicted octanol–water partition coefficient (Wildman–Crippen LogP) is 2.65. The van der Waals surface area contributed by atoms with E-state index in [2.05, 4.69) is 21.2 Å². The fourth-order valence-corrected chi connectivity index (χ4v) is 2.65. The van der Waals surface area contributed by atoms with Crippen LogP contribution in [0.25, 0.3) is 0 Å². The van der Waals surface area contributed by atoms with E-state index in [1.165, 1.54) is 0 Å². The van der Waals surface area contributed by atoms with Gasteiger partial charge in [0.2, 0.25) is 5.91 Å². The molecule has 0 radical (unpaired) electrons. The molecule has 0 aliphatic carbocycles. The van der Waals surface area contributed by atoms with Crippen molar-refractivity contribution in [2.75, 3.05) is 6.61 Å². The molecule has 6 heteroatoms. The second-order valence-corrected chi connectivity index (χ2v) is 6.02. The lowest BCUT2D eigenvalue weighted by atomic mass is 10.0. The average Bonchev–Trinajstić information content (AvgIpc) is 2.91. The molecule has 2 rings (SSSR count). The molecule has 0 unspecified atom stereocenters. The van der Waals surface area contributed by atoms with Crippen LogP contribution in [0, 0.1) is 0 Å². The molecule has 21 heavy (non-hydrogen) atoms. The first-order valence-electron chi connectivity index (χ1n) is 6.93. The van der Waals surface area contributed by atoms with Gasteiger partial charge in [0.05, 0.1) is 25.0 Å². The van der Waals surface area contributed by atoms with Crippen molar-refractivity contribution in [3.05, 3.63) is 34.3 Å². The third-order valence-electron chi connectivity index (χ3n) is 3.42. The lowest BCUT2D eigenvalue weighted by molar-refractivity contribution is -0.137. The van der Waals surface area contributed by atoms with Gasteiger partial charge in [-0.2, -0.15) is 0 Å². The molecule has 1 heterocycles. The molecule has 0 bridgehead atoms. The van der Waals surface area contributed by atoms with Crippen LogP contribution < -0.4 is 5.32 Å². The number of hydrogen-bond donors (Lipinski definition) is 2. The van der Waals surface area contributed by atoms with Crippen molar-refractivity contribution in [1.82, 2.24) is 5.32 Å². The zero-order valence-electron chi connectivity index (χ0n) is 11.5. The first-order valence-corrected chi connectivity index (χ1v) is 7.72. The quantitative estimate of drug-likeness (QED) is 0.822. The Kier molecular flexibility index (Phi) is 5.76. The second kappa shape index (κ2) is 7.56. The van der Waals surface area contributed by atoms with E-state index < -0.39 is 12.0 Å². The minimum atomic E-state index is -0.944. The lowest BCUT2D eigenvalue weighted by Crippen LogP contribution is -2.32. The van der Waals surface area contributed by atoms with Crippen molar-refractivity contribution in [3.8, 4) is 0 Å². The third-order valence-corrected chi connectivity index (χ3v) is 3.95. The highest BCUT2D eigenvalue weighted by Gasteiger charge is 2.22. The van der Waals surface area contributed by atoms with E-state index in [0.717, 1.165) is 22.9 Å². The molecule has 1 amide bonds. The number of rotatable bonds is 6. The fraction of sp³-hybridized carbons (Fsp3) is 0.467. The monoisotopic (exact) mass is 355 g/mol. The molecule has 5 nitrogen and oxygen atoms in total. The van der Waals surface area contributed by atoms with E-state index in [4.69, 9.17) is 9.84 Å². The highest BCUT2D eigenvalue weighted by molar-refractivity contribution is 9.10. The lowest BCUT2D eigenvalue weighted by Gasteiger charge is -2.19. The van der Waals surface area contributed by atoms with E-state index in [9.17, 15) is 9.59 Å². The van der Waals surface area contributed by atoms with Crippen molar-refractivity contribution in [1.29, 1.82) is 0 Å². The van der Waals surface area contributed by atoms with Gasteiger partial charge in [0.25, 0.3) is 0 Å². The number of hydrogen-bond acceptors (Lipinski definition) is 3. The van der Waals surface area contributed by atoms with Gasteiger partial charge in [0.15, 0.2) is 0 Å². The number of carboxylic acids is 1. The van der Waals surface area contributed by atoms with Gasteiger partial charge in [0, 0.05) is 11.1 Å². The summed E-state index contributed by atoms with van der Waals surface area (Å²) in [7, 11) is 0. The minimum absolute atomic E-state index is 0.0413. The van der Waals surface area contributed by atoms with E-state index >= 15 is 0 Å². The molecule has 1 aliphatic rings. The summed E-state index contributed by atoms with van der Waals surface area (Å²) < 4.78 is 6.33. The molecular weight excluding hydrogens is 338 g/mol. The molecule has 0 spiro atoms. The number of ether oxygens (including phenoxy) is 1. The Morgan fingerprint density at radius 2 is 2.10 bits per heavy atom. The molecule has 1 aromatic carbocycles. The van der Waals surface area contributed by atoms with Gasteiger partial charge >= 0.3 is 5.97 Å². The Morgan fingerprint density at radius 1 is 1.38 bits per heavy atom. The summed E-state index contributed by atoms with van der Waals surface area (Å²) >= 11 is 3.33. The highest BCUT2D eigenvalue weighted by atomic mass is 79.9. The highest BCUT2D eigenvalue weighted by Crippen LogP contribution is 2.21. The van der Waals surface area contributed by atoms with Crippen LogP contribution in [0.5, 0.6) is 0 Å². The molecule has 1 fully saturated rings. The zero-order chi connectivity index (χ0) is 15.2. The van der Waals surface area contributed by atoms with Crippen LogP contribution in [0.4, 0.5) is 0 Å². The van der Waals surface area contributed by atoms with E-state index in [1.807, 2.05) is 24.3 Å². The van der Waals surface area contributed by atoms with Gasteiger partial charge in [-0.05, 0) is 30.5 Å². The number of nitrogens with one attached hydrogen (secondary N) is 1. The third kappa shape index (κ3) is 5.13. The number of carboxylic acid groups (broad SMARTS) is 1. The van der Waals surface area contributed by atoms with Crippen molar-refractivity contribution < 1.29 is 19.4 Å². The number of carbonyl (C=O) groups excluding carboxylic acids is 1. The molecule has 1 aliphatic heterocycles. The van der Waals surface area contributed by atoms with Crippen LogP contribution in [-0.2, 0) is 14.3 Å². The van der Waals surface area contributed by atoms with Gasteiger partial charge in [0.1, 0.15) is 0 Å².